The third-order valence-corrected chi connectivity index (χ3v) is 3.92. The van der Waals surface area contributed by atoms with Crippen LogP contribution in [0, 0.1) is 0 Å². The minimum absolute atomic E-state index is 0.148. The molecule has 1 heterocycles. The van der Waals surface area contributed by atoms with E-state index in [0.717, 1.165) is 12.0 Å². The zero-order valence-corrected chi connectivity index (χ0v) is 15.3. The van der Waals surface area contributed by atoms with Gasteiger partial charge in [-0.25, -0.2) is 4.98 Å². The molecule has 134 valence electrons. The van der Waals surface area contributed by atoms with E-state index >= 15 is 0 Å². The molecule has 0 fully saturated rings. The number of benzene rings is 1. The number of hydrogen-bond acceptors (Lipinski definition) is 8. The van der Waals surface area contributed by atoms with Crippen molar-refractivity contribution in [3.05, 3.63) is 34.8 Å². The lowest BCUT2D eigenvalue weighted by atomic mass is 10.2. The number of nitrogens with one attached hydrogen (secondary N) is 1. The van der Waals surface area contributed by atoms with E-state index in [0.29, 0.717) is 28.9 Å². The highest BCUT2D eigenvalue weighted by atomic mass is 32.1. The largest absolute Gasteiger partial charge is 0.493 e. The van der Waals surface area contributed by atoms with Crippen molar-refractivity contribution in [2.75, 3.05) is 26.3 Å². The van der Waals surface area contributed by atoms with Crippen LogP contribution in [0.1, 0.15) is 24.6 Å². The van der Waals surface area contributed by atoms with Crippen LogP contribution in [0.2, 0.25) is 0 Å². The molecule has 8 heteroatoms. The van der Waals surface area contributed by atoms with E-state index in [9.17, 15) is 4.79 Å². The summed E-state index contributed by atoms with van der Waals surface area (Å²) in [4.78, 5) is 15.5. The number of carbonyl (C=O) groups excluding carboxylic acids is 1. The Bertz CT molecular complexity index is 730. The van der Waals surface area contributed by atoms with Gasteiger partial charge in [0.15, 0.2) is 11.5 Å². The lowest BCUT2D eigenvalue weighted by Gasteiger charge is -2.10. The molecule has 1 N–H and O–H groups in total. The van der Waals surface area contributed by atoms with E-state index in [2.05, 4.69) is 20.2 Å². The molecule has 0 spiro atoms. The first-order chi connectivity index (χ1) is 12.2. The van der Waals surface area contributed by atoms with Gasteiger partial charge in [-0.05, 0) is 30.2 Å². The molecule has 0 aliphatic heterocycles. The fraction of sp³-hybridized carbons (Fsp3) is 0.353. The number of thiazole rings is 1. The van der Waals surface area contributed by atoms with Gasteiger partial charge in [0.05, 0.1) is 39.2 Å². The molecule has 25 heavy (non-hydrogen) atoms. The van der Waals surface area contributed by atoms with Crippen LogP contribution >= 0.6 is 11.3 Å². The lowest BCUT2D eigenvalue weighted by molar-refractivity contribution is -0.139. The predicted molar refractivity (Wildman–Crippen MR) is 97.8 cm³/mol. The van der Waals surface area contributed by atoms with E-state index < -0.39 is 0 Å². The van der Waals surface area contributed by atoms with E-state index in [1.54, 1.807) is 18.7 Å². The van der Waals surface area contributed by atoms with Crippen molar-refractivity contribution in [3.8, 4) is 11.5 Å². The molecule has 0 aliphatic rings. The summed E-state index contributed by atoms with van der Waals surface area (Å²) in [6.07, 6.45) is 2.73. The van der Waals surface area contributed by atoms with Crippen molar-refractivity contribution >= 4 is 28.7 Å². The molecule has 1 aromatic heterocycles. The molecule has 0 unspecified atom stereocenters. The smallest absolute Gasteiger partial charge is 0.311 e. The fourth-order valence-electron chi connectivity index (χ4n) is 1.92. The monoisotopic (exact) mass is 363 g/mol. The van der Waals surface area contributed by atoms with Crippen LogP contribution in [0.3, 0.4) is 0 Å². The first-order valence-corrected chi connectivity index (χ1v) is 8.65. The van der Waals surface area contributed by atoms with Gasteiger partial charge in [-0.1, -0.05) is 6.92 Å². The van der Waals surface area contributed by atoms with E-state index in [-0.39, 0.29) is 12.4 Å². The van der Waals surface area contributed by atoms with Crippen LogP contribution in [-0.4, -0.2) is 38.0 Å². The first-order valence-electron chi connectivity index (χ1n) is 7.77. The number of carbonyl (C=O) groups is 1. The highest BCUT2D eigenvalue weighted by molar-refractivity contribution is 7.13. The summed E-state index contributed by atoms with van der Waals surface area (Å²) < 4.78 is 15.6. The Morgan fingerprint density at radius 2 is 2.20 bits per heavy atom. The molecule has 0 saturated carbocycles. The molecule has 2 rings (SSSR count). The Kier molecular flexibility index (Phi) is 7.21. The molecule has 0 amide bonds. The molecule has 0 atom stereocenters. The predicted octanol–water partition coefficient (Wildman–Crippen LogP) is 3.10. The first kappa shape index (κ1) is 18.7. The van der Waals surface area contributed by atoms with Crippen molar-refractivity contribution in [3.63, 3.8) is 0 Å². The highest BCUT2D eigenvalue weighted by Gasteiger charge is 2.07. The van der Waals surface area contributed by atoms with Crippen molar-refractivity contribution in [1.29, 1.82) is 0 Å². The number of esters is 1. The number of hydrogen-bond donors (Lipinski definition) is 1. The van der Waals surface area contributed by atoms with Crippen LogP contribution in [0.4, 0.5) is 5.13 Å². The van der Waals surface area contributed by atoms with Crippen LogP contribution in [-0.2, 0) is 16.0 Å². The maximum Gasteiger partial charge on any atom is 0.311 e. The quantitative estimate of drug-likeness (QED) is 0.419. The molecule has 0 bridgehead atoms. The minimum atomic E-state index is -0.321. The van der Waals surface area contributed by atoms with Crippen LogP contribution in [0.25, 0.3) is 0 Å². The molecule has 0 radical (unpaired) electrons. The summed E-state index contributed by atoms with van der Waals surface area (Å²) in [6, 6.07) is 5.59. The van der Waals surface area contributed by atoms with Crippen molar-refractivity contribution in [2.45, 2.75) is 19.8 Å². The van der Waals surface area contributed by atoms with E-state index in [4.69, 9.17) is 9.47 Å². The number of nitrogens with zero attached hydrogens (tertiary/aromatic N) is 2. The van der Waals surface area contributed by atoms with Gasteiger partial charge in [-0.2, -0.15) is 5.10 Å². The maximum atomic E-state index is 11.2. The number of aromatic nitrogens is 1. The second-order valence-corrected chi connectivity index (χ2v) is 5.88. The molecule has 0 saturated heterocycles. The standard InChI is InChI=1S/C17H21N3O4S/c1-4-7-24-15-8-12(5-6-14(15)22-2)10-18-20-17-19-13(11-25-17)9-16(21)23-3/h5-6,8,10-11H,4,7,9H2,1-3H3,(H,19,20)/b18-10-. The number of ether oxygens (including phenoxy) is 3. The summed E-state index contributed by atoms with van der Waals surface area (Å²) in [5.41, 5.74) is 4.36. The molecular formula is C17H21N3O4S. The van der Waals surface area contributed by atoms with Crippen molar-refractivity contribution in [2.24, 2.45) is 5.10 Å². The third-order valence-electron chi connectivity index (χ3n) is 3.13. The Balaban J connectivity index is 1.98. The summed E-state index contributed by atoms with van der Waals surface area (Å²) in [5, 5.41) is 6.56. The highest BCUT2D eigenvalue weighted by Crippen LogP contribution is 2.27. The zero-order valence-electron chi connectivity index (χ0n) is 14.4. The number of methoxy groups -OCH3 is 2. The van der Waals surface area contributed by atoms with Gasteiger partial charge >= 0.3 is 5.97 Å². The summed E-state index contributed by atoms with van der Waals surface area (Å²) in [6.45, 7) is 2.67. The maximum absolute atomic E-state index is 11.2. The Hall–Kier alpha value is -2.61. The van der Waals surface area contributed by atoms with Gasteiger partial charge < -0.3 is 14.2 Å². The molecule has 7 nitrogen and oxygen atoms in total. The Morgan fingerprint density at radius 1 is 1.36 bits per heavy atom. The average molecular weight is 363 g/mol. The average Bonchev–Trinajstić information content (AvgIpc) is 3.07. The van der Waals surface area contributed by atoms with Gasteiger partial charge in [0.25, 0.3) is 0 Å². The summed E-state index contributed by atoms with van der Waals surface area (Å²) in [5.74, 6) is 1.05. The zero-order chi connectivity index (χ0) is 18.1. The van der Waals surface area contributed by atoms with Crippen LogP contribution in [0.5, 0.6) is 11.5 Å². The minimum Gasteiger partial charge on any atom is -0.493 e. The van der Waals surface area contributed by atoms with Gasteiger partial charge in [-0.15, -0.1) is 11.3 Å². The lowest BCUT2D eigenvalue weighted by Crippen LogP contribution is -2.04. The van der Waals surface area contributed by atoms with Crippen molar-refractivity contribution in [1.82, 2.24) is 4.98 Å². The topological polar surface area (TPSA) is 82.0 Å². The Labute approximate surface area is 150 Å². The third kappa shape index (κ3) is 5.75. The molecule has 0 aliphatic carbocycles. The molecule has 2 aromatic rings. The second-order valence-electron chi connectivity index (χ2n) is 5.03. The van der Waals surface area contributed by atoms with Crippen LogP contribution in [0.15, 0.2) is 28.7 Å². The Morgan fingerprint density at radius 3 is 2.92 bits per heavy atom. The SMILES string of the molecule is CCCOc1cc(/C=N\Nc2nc(CC(=O)OC)cs2)ccc1OC. The van der Waals surface area contributed by atoms with E-state index in [1.807, 2.05) is 25.1 Å². The van der Waals surface area contributed by atoms with Crippen LogP contribution < -0.4 is 14.9 Å². The van der Waals surface area contributed by atoms with Gasteiger partial charge in [0.2, 0.25) is 5.13 Å². The van der Waals surface area contributed by atoms with E-state index in [1.165, 1.54) is 18.4 Å². The van der Waals surface area contributed by atoms with Gasteiger partial charge in [0.1, 0.15) is 0 Å². The summed E-state index contributed by atoms with van der Waals surface area (Å²) in [7, 11) is 2.96. The molecular weight excluding hydrogens is 342 g/mol. The van der Waals surface area contributed by atoms with Gasteiger partial charge in [-0.3, -0.25) is 10.2 Å². The van der Waals surface area contributed by atoms with Crippen molar-refractivity contribution < 1.29 is 19.0 Å². The molecule has 1 aromatic carbocycles. The number of rotatable bonds is 9. The number of anilines is 1. The number of hydrazone groups is 1. The fourth-order valence-corrected chi connectivity index (χ4v) is 2.58. The summed E-state index contributed by atoms with van der Waals surface area (Å²) >= 11 is 1.37. The normalized spacial score (nSPS) is 10.7. The second kappa shape index (κ2) is 9.63. The van der Waals surface area contributed by atoms with Gasteiger partial charge in [0, 0.05) is 5.38 Å².